The molecule has 0 aliphatic rings. The lowest BCUT2D eigenvalue weighted by atomic mass is 10.1. The van der Waals surface area contributed by atoms with Crippen molar-refractivity contribution in [2.45, 2.75) is 59.2 Å². The Balaban J connectivity index is 1.92. The van der Waals surface area contributed by atoms with Crippen molar-refractivity contribution in [3.8, 4) is 0 Å². The molecule has 1 aromatic carbocycles. The molecule has 1 heterocycles. The van der Waals surface area contributed by atoms with Gasteiger partial charge in [0.1, 0.15) is 5.82 Å². The SMILES string of the molecule is Cc1ncc(CNC(C)(C)C)n1CCCc1ccccc1. The van der Waals surface area contributed by atoms with Crippen LogP contribution in [0.5, 0.6) is 0 Å². The molecule has 3 nitrogen and oxygen atoms in total. The third-order valence-electron chi connectivity index (χ3n) is 3.63. The van der Waals surface area contributed by atoms with E-state index in [-0.39, 0.29) is 5.54 Å². The monoisotopic (exact) mass is 285 g/mol. The van der Waals surface area contributed by atoms with Crippen LogP contribution in [0.3, 0.4) is 0 Å². The molecule has 0 atom stereocenters. The Kier molecular flexibility index (Phi) is 5.18. The van der Waals surface area contributed by atoms with Gasteiger partial charge in [-0.1, -0.05) is 30.3 Å². The van der Waals surface area contributed by atoms with Gasteiger partial charge in [0.15, 0.2) is 0 Å². The third-order valence-corrected chi connectivity index (χ3v) is 3.63. The highest BCUT2D eigenvalue weighted by atomic mass is 15.1. The standard InChI is InChI=1S/C18H27N3/c1-15-19-13-17(14-20-18(2,3)4)21(15)12-8-11-16-9-6-5-7-10-16/h5-7,9-10,13,20H,8,11-12,14H2,1-4H3. The van der Waals surface area contributed by atoms with Crippen LogP contribution in [0.2, 0.25) is 0 Å². The number of aromatic nitrogens is 2. The highest BCUT2D eigenvalue weighted by Crippen LogP contribution is 2.10. The average molecular weight is 285 g/mol. The van der Waals surface area contributed by atoms with Gasteiger partial charge in [-0.2, -0.15) is 0 Å². The first-order valence-electron chi connectivity index (χ1n) is 7.76. The minimum atomic E-state index is 0.132. The summed E-state index contributed by atoms with van der Waals surface area (Å²) in [4.78, 5) is 4.47. The molecular weight excluding hydrogens is 258 g/mol. The van der Waals surface area contributed by atoms with Crippen molar-refractivity contribution in [2.75, 3.05) is 0 Å². The van der Waals surface area contributed by atoms with Gasteiger partial charge in [-0.25, -0.2) is 4.98 Å². The number of nitrogens with one attached hydrogen (secondary N) is 1. The molecule has 0 unspecified atom stereocenters. The van der Waals surface area contributed by atoms with Gasteiger partial charge in [-0.3, -0.25) is 0 Å². The second-order valence-electron chi connectivity index (χ2n) is 6.64. The summed E-state index contributed by atoms with van der Waals surface area (Å²) < 4.78 is 2.34. The summed E-state index contributed by atoms with van der Waals surface area (Å²) in [5.41, 5.74) is 2.81. The van der Waals surface area contributed by atoms with Gasteiger partial charge in [-0.15, -0.1) is 0 Å². The lowest BCUT2D eigenvalue weighted by molar-refractivity contribution is 0.414. The highest BCUT2D eigenvalue weighted by Gasteiger charge is 2.12. The molecule has 1 aromatic heterocycles. The molecule has 0 spiro atoms. The molecular formula is C18H27N3. The van der Waals surface area contributed by atoms with Crippen LogP contribution in [0.4, 0.5) is 0 Å². The van der Waals surface area contributed by atoms with Gasteiger partial charge in [-0.05, 0) is 46.1 Å². The van der Waals surface area contributed by atoms with Crippen molar-refractivity contribution in [1.29, 1.82) is 0 Å². The molecule has 0 aliphatic carbocycles. The number of benzene rings is 1. The summed E-state index contributed by atoms with van der Waals surface area (Å²) in [6.07, 6.45) is 4.25. The molecule has 0 saturated carbocycles. The van der Waals surface area contributed by atoms with E-state index in [0.717, 1.165) is 31.8 Å². The first-order valence-corrected chi connectivity index (χ1v) is 7.76. The van der Waals surface area contributed by atoms with Crippen LogP contribution in [0, 0.1) is 6.92 Å². The molecule has 114 valence electrons. The van der Waals surface area contributed by atoms with Crippen LogP contribution < -0.4 is 5.32 Å². The number of hydrogen-bond acceptors (Lipinski definition) is 2. The molecule has 0 radical (unpaired) electrons. The minimum Gasteiger partial charge on any atom is -0.331 e. The van der Waals surface area contributed by atoms with Crippen molar-refractivity contribution >= 4 is 0 Å². The molecule has 0 fully saturated rings. The highest BCUT2D eigenvalue weighted by molar-refractivity contribution is 5.14. The van der Waals surface area contributed by atoms with Crippen LogP contribution in [-0.4, -0.2) is 15.1 Å². The van der Waals surface area contributed by atoms with E-state index in [4.69, 9.17) is 0 Å². The maximum atomic E-state index is 4.47. The summed E-state index contributed by atoms with van der Waals surface area (Å²) in [5, 5.41) is 3.54. The molecule has 1 N–H and O–H groups in total. The zero-order chi connectivity index (χ0) is 15.3. The van der Waals surface area contributed by atoms with Gasteiger partial charge in [0.2, 0.25) is 0 Å². The van der Waals surface area contributed by atoms with E-state index in [1.807, 2.05) is 6.20 Å². The summed E-state index contributed by atoms with van der Waals surface area (Å²) in [6.45, 7) is 10.6. The zero-order valence-electron chi connectivity index (χ0n) is 13.7. The summed E-state index contributed by atoms with van der Waals surface area (Å²) in [5.74, 6) is 1.11. The topological polar surface area (TPSA) is 29.9 Å². The van der Waals surface area contributed by atoms with E-state index in [1.165, 1.54) is 11.3 Å². The third kappa shape index (κ3) is 5.01. The Bertz CT molecular complexity index is 550. The molecule has 0 aliphatic heterocycles. The molecule has 0 bridgehead atoms. The summed E-state index contributed by atoms with van der Waals surface area (Å²) in [7, 11) is 0. The van der Waals surface area contributed by atoms with Crippen LogP contribution >= 0.6 is 0 Å². The van der Waals surface area contributed by atoms with Gasteiger partial charge >= 0.3 is 0 Å². The second-order valence-corrected chi connectivity index (χ2v) is 6.64. The van der Waals surface area contributed by atoms with Crippen LogP contribution in [0.1, 0.15) is 44.3 Å². The molecule has 0 saturated heterocycles. The van der Waals surface area contributed by atoms with Gasteiger partial charge in [0.05, 0.1) is 5.69 Å². The van der Waals surface area contributed by atoms with Gasteiger partial charge < -0.3 is 9.88 Å². The lowest BCUT2D eigenvalue weighted by Crippen LogP contribution is -2.35. The van der Waals surface area contributed by atoms with Crippen molar-refractivity contribution in [3.05, 3.63) is 53.6 Å². The number of hydrogen-bond donors (Lipinski definition) is 1. The van der Waals surface area contributed by atoms with E-state index >= 15 is 0 Å². The number of aryl methyl sites for hydroxylation is 2. The molecule has 0 amide bonds. The van der Waals surface area contributed by atoms with Gasteiger partial charge in [0, 0.05) is 24.8 Å². The zero-order valence-corrected chi connectivity index (χ0v) is 13.7. The average Bonchev–Trinajstić information content (AvgIpc) is 2.78. The van der Waals surface area contributed by atoms with Crippen LogP contribution in [-0.2, 0) is 19.5 Å². The maximum Gasteiger partial charge on any atom is 0.105 e. The molecule has 3 heteroatoms. The van der Waals surface area contributed by atoms with Crippen molar-refractivity contribution in [3.63, 3.8) is 0 Å². The smallest absolute Gasteiger partial charge is 0.105 e. The van der Waals surface area contributed by atoms with E-state index in [0.29, 0.717) is 0 Å². The van der Waals surface area contributed by atoms with E-state index in [2.05, 4.69) is 72.9 Å². The van der Waals surface area contributed by atoms with Gasteiger partial charge in [0.25, 0.3) is 0 Å². The summed E-state index contributed by atoms with van der Waals surface area (Å²) >= 11 is 0. The molecule has 2 rings (SSSR count). The largest absolute Gasteiger partial charge is 0.331 e. The normalized spacial score (nSPS) is 11.8. The summed E-state index contributed by atoms with van der Waals surface area (Å²) in [6, 6.07) is 10.7. The Hall–Kier alpha value is -1.61. The quantitative estimate of drug-likeness (QED) is 0.877. The van der Waals surface area contributed by atoms with E-state index in [1.54, 1.807) is 0 Å². The lowest BCUT2D eigenvalue weighted by Gasteiger charge is -2.21. The van der Waals surface area contributed by atoms with Crippen LogP contribution in [0.15, 0.2) is 36.5 Å². The fraction of sp³-hybridized carbons (Fsp3) is 0.500. The number of nitrogens with zero attached hydrogens (tertiary/aromatic N) is 2. The molecule has 21 heavy (non-hydrogen) atoms. The fourth-order valence-electron chi connectivity index (χ4n) is 2.40. The maximum absolute atomic E-state index is 4.47. The Morgan fingerprint density at radius 1 is 1.14 bits per heavy atom. The fourth-order valence-corrected chi connectivity index (χ4v) is 2.40. The Morgan fingerprint density at radius 2 is 1.86 bits per heavy atom. The first-order chi connectivity index (χ1) is 9.96. The number of imidazole rings is 1. The van der Waals surface area contributed by atoms with Crippen molar-refractivity contribution < 1.29 is 0 Å². The Morgan fingerprint density at radius 3 is 2.52 bits per heavy atom. The van der Waals surface area contributed by atoms with E-state index < -0.39 is 0 Å². The second kappa shape index (κ2) is 6.90. The minimum absolute atomic E-state index is 0.132. The van der Waals surface area contributed by atoms with E-state index in [9.17, 15) is 0 Å². The van der Waals surface area contributed by atoms with Crippen LogP contribution in [0.25, 0.3) is 0 Å². The molecule has 2 aromatic rings. The van der Waals surface area contributed by atoms with Crippen molar-refractivity contribution in [1.82, 2.24) is 14.9 Å². The Labute approximate surface area is 128 Å². The predicted octanol–water partition coefficient (Wildman–Crippen LogP) is 3.71. The van der Waals surface area contributed by atoms with Crippen molar-refractivity contribution in [2.24, 2.45) is 0 Å². The predicted molar refractivity (Wildman–Crippen MR) is 88.3 cm³/mol. The first kappa shape index (κ1) is 15.8. The number of rotatable bonds is 6.